The van der Waals surface area contributed by atoms with Crippen LogP contribution in [0, 0.1) is 0 Å². The second-order valence-electron chi connectivity index (χ2n) is 5.62. The Morgan fingerprint density at radius 3 is 3.00 bits per heavy atom. The molecule has 0 bridgehead atoms. The Morgan fingerprint density at radius 1 is 1.38 bits per heavy atom. The molecule has 2 aromatic rings. The summed E-state index contributed by atoms with van der Waals surface area (Å²) in [5.41, 5.74) is 1.62. The van der Waals surface area contributed by atoms with Gasteiger partial charge in [-0.3, -0.25) is 4.40 Å². The van der Waals surface area contributed by atoms with E-state index < -0.39 is 5.79 Å². The van der Waals surface area contributed by atoms with Crippen molar-refractivity contribution in [3.05, 3.63) is 28.4 Å². The molecular weight excluding hydrogens is 333 g/mol. The summed E-state index contributed by atoms with van der Waals surface area (Å²) in [7, 11) is 0. The maximum atomic E-state index is 6.10. The van der Waals surface area contributed by atoms with Crippen molar-refractivity contribution in [3.8, 4) is 0 Å². The third-order valence-electron chi connectivity index (χ3n) is 3.70. The Kier molecular flexibility index (Phi) is 3.17. The lowest BCUT2D eigenvalue weighted by Gasteiger charge is -2.21. The monoisotopic (exact) mass is 345 g/mol. The third kappa shape index (κ3) is 2.24. The Bertz CT molecular complexity index is 721. The molecule has 0 spiro atoms. The van der Waals surface area contributed by atoms with Gasteiger partial charge in [-0.2, -0.15) is 0 Å². The Morgan fingerprint density at radius 2 is 2.19 bits per heavy atom. The Balaban J connectivity index is 1.77. The Hall–Kier alpha value is -0.530. The first kappa shape index (κ1) is 14.1. The first-order valence-corrected chi connectivity index (χ1v) is 8.41. The standard InChI is InChI=1S/C13H13Cl2N3O2S/c1-13(2)19-7-5-21-10(9(7)20-13)6-3-16-12-11(15)17-8(14)4-18(6)12/h3-4,7,9-10H,5H2,1-2H3/t7?,9-,10-/m0/s1. The Labute approximate surface area is 135 Å². The fraction of sp³-hybridized carbons (Fsp3) is 0.538. The fourth-order valence-corrected chi connectivity index (χ4v) is 4.82. The number of fused-ring (bicyclic) bond motifs is 2. The van der Waals surface area contributed by atoms with Crippen molar-refractivity contribution in [2.75, 3.05) is 5.75 Å². The van der Waals surface area contributed by atoms with Crippen LogP contribution in [-0.2, 0) is 9.47 Å². The van der Waals surface area contributed by atoms with Crippen LogP contribution >= 0.6 is 35.0 Å². The molecule has 0 aliphatic carbocycles. The first-order valence-electron chi connectivity index (χ1n) is 6.61. The molecule has 0 radical (unpaired) electrons. The van der Waals surface area contributed by atoms with Crippen LogP contribution in [0.3, 0.4) is 0 Å². The van der Waals surface area contributed by atoms with Crippen molar-refractivity contribution in [2.24, 2.45) is 0 Å². The highest BCUT2D eigenvalue weighted by Crippen LogP contribution is 2.49. The molecule has 3 atom stereocenters. The molecule has 0 aromatic carbocycles. The molecule has 0 N–H and O–H groups in total. The molecule has 4 heterocycles. The average Bonchev–Trinajstić information content (AvgIpc) is 3.00. The van der Waals surface area contributed by atoms with E-state index >= 15 is 0 Å². The van der Waals surface area contributed by atoms with E-state index in [2.05, 4.69) is 9.97 Å². The van der Waals surface area contributed by atoms with Crippen molar-refractivity contribution < 1.29 is 9.47 Å². The summed E-state index contributed by atoms with van der Waals surface area (Å²) in [6, 6.07) is 0. The minimum Gasteiger partial charge on any atom is -0.344 e. The maximum absolute atomic E-state index is 6.10. The maximum Gasteiger partial charge on any atom is 0.175 e. The number of hydrogen-bond acceptors (Lipinski definition) is 5. The fourth-order valence-electron chi connectivity index (χ4n) is 2.95. The number of rotatable bonds is 1. The lowest BCUT2D eigenvalue weighted by molar-refractivity contribution is -0.145. The van der Waals surface area contributed by atoms with Crippen LogP contribution in [-0.4, -0.2) is 38.1 Å². The van der Waals surface area contributed by atoms with Crippen LogP contribution in [0.5, 0.6) is 0 Å². The quantitative estimate of drug-likeness (QED) is 0.793. The number of halogens is 2. The molecule has 5 nitrogen and oxygen atoms in total. The van der Waals surface area contributed by atoms with E-state index in [1.165, 1.54) is 0 Å². The van der Waals surface area contributed by atoms with Gasteiger partial charge in [0.05, 0.1) is 23.2 Å². The average molecular weight is 346 g/mol. The van der Waals surface area contributed by atoms with Gasteiger partial charge in [-0.25, -0.2) is 9.97 Å². The van der Waals surface area contributed by atoms with E-state index in [-0.39, 0.29) is 17.5 Å². The van der Waals surface area contributed by atoms with Gasteiger partial charge in [0.2, 0.25) is 0 Å². The summed E-state index contributed by atoms with van der Waals surface area (Å²) in [5.74, 6) is 0.366. The number of thioether (sulfide) groups is 1. The molecule has 8 heteroatoms. The van der Waals surface area contributed by atoms with Crippen molar-refractivity contribution in [1.29, 1.82) is 0 Å². The predicted molar refractivity (Wildman–Crippen MR) is 82.0 cm³/mol. The lowest BCUT2D eigenvalue weighted by Crippen LogP contribution is -2.24. The van der Waals surface area contributed by atoms with Crippen molar-refractivity contribution in [2.45, 2.75) is 37.1 Å². The van der Waals surface area contributed by atoms with Crippen LogP contribution in [0.4, 0.5) is 0 Å². The minimum absolute atomic E-state index is 0.00983. The lowest BCUT2D eigenvalue weighted by atomic mass is 10.1. The molecule has 0 amide bonds. The van der Waals surface area contributed by atoms with E-state index in [4.69, 9.17) is 32.7 Å². The van der Waals surface area contributed by atoms with Gasteiger partial charge >= 0.3 is 0 Å². The van der Waals surface area contributed by atoms with E-state index in [9.17, 15) is 0 Å². The summed E-state index contributed by atoms with van der Waals surface area (Å²) in [5, 5.41) is 0.786. The molecule has 0 saturated carbocycles. The second kappa shape index (κ2) is 4.73. The van der Waals surface area contributed by atoms with Crippen molar-refractivity contribution in [3.63, 3.8) is 0 Å². The van der Waals surface area contributed by atoms with Gasteiger partial charge in [0.25, 0.3) is 0 Å². The van der Waals surface area contributed by atoms with Crippen molar-refractivity contribution >= 4 is 40.6 Å². The van der Waals surface area contributed by atoms with Crippen LogP contribution in [0.15, 0.2) is 12.4 Å². The molecule has 4 rings (SSSR count). The molecular formula is C13H13Cl2N3O2S. The second-order valence-corrected chi connectivity index (χ2v) is 7.54. The number of imidazole rings is 1. The van der Waals surface area contributed by atoms with E-state index in [1.807, 2.05) is 24.4 Å². The topological polar surface area (TPSA) is 48.7 Å². The third-order valence-corrected chi connectivity index (χ3v) is 5.53. The largest absolute Gasteiger partial charge is 0.344 e. The summed E-state index contributed by atoms with van der Waals surface area (Å²) in [4.78, 5) is 8.37. The summed E-state index contributed by atoms with van der Waals surface area (Å²) < 4.78 is 13.9. The number of nitrogens with zero attached hydrogens (tertiary/aromatic N) is 3. The smallest absolute Gasteiger partial charge is 0.175 e. The van der Waals surface area contributed by atoms with Gasteiger partial charge in [0.15, 0.2) is 16.6 Å². The van der Waals surface area contributed by atoms with Gasteiger partial charge in [0, 0.05) is 11.9 Å². The van der Waals surface area contributed by atoms with Crippen LogP contribution in [0.25, 0.3) is 5.65 Å². The predicted octanol–water partition coefficient (Wildman–Crippen LogP) is 3.34. The highest BCUT2D eigenvalue weighted by Gasteiger charge is 2.50. The van der Waals surface area contributed by atoms with Crippen LogP contribution < -0.4 is 0 Å². The molecule has 2 fully saturated rings. The van der Waals surface area contributed by atoms with E-state index in [0.29, 0.717) is 16.0 Å². The minimum atomic E-state index is -0.536. The molecule has 21 heavy (non-hydrogen) atoms. The van der Waals surface area contributed by atoms with Gasteiger partial charge in [-0.1, -0.05) is 23.2 Å². The van der Waals surface area contributed by atoms with E-state index in [0.717, 1.165) is 11.4 Å². The van der Waals surface area contributed by atoms with Gasteiger partial charge in [-0.15, -0.1) is 11.8 Å². The zero-order chi connectivity index (χ0) is 14.8. The molecule has 2 aromatic heterocycles. The van der Waals surface area contributed by atoms with Gasteiger partial charge < -0.3 is 9.47 Å². The highest BCUT2D eigenvalue weighted by molar-refractivity contribution is 7.99. The SMILES string of the molecule is CC1(C)OC2CS[C@@H](c3cnc4c(Cl)nc(Cl)cn34)[C@H]2O1. The first-order chi connectivity index (χ1) is 9.94. The summed E-state index contributed by atoms with van der Waals surface area (Å²) in [6.45, 7) is 3.89. The molecule has 2 aliphatic heterocycles. The number of hydrogen-bond donors (Lipinski definition) is 0. The zero-order valence-electron chi connectivity index (χ0n) is 11.4. The summed E-state index contributed by atoms with van der Waals surface area (Å²) >= 11 is 13.9. The molecule has 2 aliphatic rings. The normalized spacial score (nSPS) is 31.0. The molecule has 1 unspecified atom stereocenters. The van der Waals surface area contributed by atoms with Crippen molar-refractivity contribution in [1.82, 2.24) is 14.4 Å². The van der Waals surface area contributed by atoms with Crippen LogP contribution in [0.2, 0.25) is 10.3 Å². The zero-order valence-corrected chi connectivity index (χ0v) is 13.7. The number of aromatic nitrogens is 3. The van der Waals surface area contributed by atoms with Gasteiger partial charge in [0.1, 0.15) is 11.3 Å². The number of ether oxygens (including phenoxy) is 2. The van der Waals surface area contributed by atoms with Crippen LogP contribution in [0.1, 0.15) is 24.8 Å². The van der Waals surface area contributed by atoms with E-state index in [1.54, 1.807) is 18.0 Å². The highest BCUT2D eigenvalue weighted by atomic mass is 35.5. The van der Waals surface area contributed by atoms with Gasteiger partial charge in [-0.05, 0) is 13.8 Å². The summed E-state index contributed by atoms with van der Waals surface area (Å²) in [6.07, 6.45) is 3.66. The molecule has 112 valence electrons. The molecule has 2 saturated heterocycles.